The molecule has 0 unspecified atom stereocenters. The first-order valence-electron chi connectivity index (χ1n) is 5.17. The predicted octanol–water partition coefficient (Wildman–Crippen LogP) is 2.12. The second kappa shape index (κ2) is 6.24. The second-order valence-electron chi connectivity index (χ2n) is 3.61. The normalized spacial score (nSPS) is 10.6. The lowest BCUT2D eigenvalue weighted by Gasteiger charge is -2.06. The summed E-state index contributed by atoms with van der Waals surface area (Å²) in [5.74, 6) is -1.12. The molecule has 0 aliphatic carbocycles. The highest BCUT2D eigenvalue weighted by atomic mass is 35.5. The fourth-order valence-electron chi connectivity index (χ4n) is 1.34. The number of carboxylic acid groups (broad SMARTS) is 1. The molecule has 2 aromatic rings. The summed E-state index contributed by atoms with van der Waals surface area (Å²) in [7, 11) is 0. The Hall–Kier alpha value is -1.91. The molecule has 0 amide bonds. The Bertz CT molecular complexity index is 699. The van der Waals surface area contributed by atoms with Crippen LogP contribution in [0.15, 0.2) is 22.2 Å². The van der Waals surface area contributed by atoms with E-state index in [1.165, 1.54) is 0 Å². The van der Waals surface area contributed by atoms with Crippen LogP contribution in [0.3, 0.4) is 0 Å². The summed E-state index contributed by atoms with van der Waals surface area (Å²) in [5, 5.41) is 30.2. The number of rotatable bonds is 5. The first kappa shape index (κ1) is 15.5. The van der Waals surface area contributed by atoms with Crippen LogP contribution in [0.1, 0.15) is 0 Å². The molecule has 0 spiro atoms. The number of tetrazole rings is 1. The number of hydrogen-bond donors (Lipinski definition) is 1. The van der Waals surface area contributed by atoms with Crippen LogP contribution >= 0.6 is 35.0 Å². The quantitative estimate of drug-likeness (QED) is 0.642. The van der Waals surface area contributed by atoms with Gasteiger partial charge in [-0.1, -0.05) is 23.2 Å². The Morgan fingerprint density at radius 2 is 2.05 bits per heavy atom. The molecular formula is C9H5Cl2N5O4S. The van der Waals surface area contributed by atoms with Crippen LogP contribution in [0.4, 0.5) is 5.69 Å². The van der Waals surface area contributed by atoms with Crippen molar-refractivity contribution >= 4 is 46.6 Å². The highest BCUT2D eigenvalue weighted by molar-refractivity contribution is 7.99. The van der Waals surface area contributed by atoms with Crippen LogP contribution in [0.25, 0.3) is 0 Å². The van der Waals surface area contributed by atoms with E-state index in [1.807, 2.05) is 0 Å². The number of carboxylic acids is 1. The van der Waals surface area contributed by atoms with E-state index >= 15 is 0 Å². The van der Waals surface area contributed by atoms with Gasteiger partial charge in [-0.05, 0) is 22.2 Å². The first-order valence-corrected chi connectivity index (χ1v) is 6.75. The van der Waals surface area contributed by atoms with Gasteiger partial charge in [0.05, 0.1) is 19.9 Å². The molecule has 110 valence electrons. The molecule has 1 N–H and O–H groups in total. The fourth-order valence-corrected chi connectivity index (χ4v) is 2.82. The molecule has 1 heterocycles. The molecule has 0 saturated heterocycles. The third kappa shape index (κ3) is 3.60. The largest absolute Gasteiger partial charge is 0.480 e. The minimum atomic E-state index is -1.12. The molecule has 0 bridgehead atoms. The van der Waals surface area contributed by atoms with E-state index in [0.29, 0.717) is 4.90 Å². The maximum atomic E-state index is 10.7. The third-order valence-corrected chi connectivity index (χ3v) is 4.11. The summed E-state index contributed by atoms with van der Waals surface area (Å²) in [6.45, 7) is -0.433. The smallest absolute Gasteiger partial charge is 0.325 e. The van der Waals surface area contributed by atoms with E-state index in [4.69, 9.17) is 28.3 Å². The van der Waals surface area contributed by atoms with Crippen LogP contribution in [0, 0.1) is 10.1 Å². The fraction of sp³-hybridized carbons (Fsp3) is 0.111. The molecule has 12 heteroatoms. The number of nitro benzene ring substituents is 1. The SMILES string of the molecule is O=C(O)Cn1nnnc1Sc1c(Cl)cc([N+](=O)[O-])cc1Cl. The highest BCUT2D eigenvalue weighted by Gasteiger charge is 2.19. The zero-order valence-electron chi connectivity index (χ0n) is 9.93. The molecule has 0 aliphatic heterocycles. The number of aliphatic carboxylic acids is 1. The summed E-state index contributed by atoms with van der Waals surface area (Å²) >= 11 is 12.8. The van der Waals surface area contributed by atoms with Gasteiger partial charge in [0, 0.05) is 12.1 Å². The topological polar surface area (TPSA) is 124 Å². The van der Waals surface area contributed by atoms with Crippen molar-refractivity contribution in [2.24, 2.45) is 0 Å². The van der Waals surface area contributed by atoms with Crippen LogP contribution in [-0.2, 0) is 11.3 Å². The van der Waals surface area contributed by atoms with Gasteiger partial charge in [0.1, 0.15) is 6.54 Å². The Kier molecular flexibility index (Phi) is 4.60. The van der Waals surface area contributed by atoms with Gasteiger partial charge in [0.25, 0.3) is 5.69 Å². The van der Waals surface area contributed by atoms with Gasteiger partial charge in [0.15, 0.2) is 0 Å². The van der Waals surface area contributed by atoms with Crippen molar-refractivity contribution in [1.82, 2.24) is 20.2 Å². The van der Waals surface area contributed by atoms with E-state index in [0.717, 1.165) is 28.6 Å². The maximum Gasteiger partial charge on any atom is 0.325 e. The summed E-state index contributed by atoms with van der Waals surface area (Å²) in [4.78, 5) is 21.0. The number of benzene rings is 1. The van der Waals surface area contributed by atoms with Crippen molar-refractivity contribution in [2.75, 3.05) is 0 Å². The molecule has 9 nitrogen and oxygen atoms in total. The minimum absolute atomic E-state index is 0.0454. The van der Waals surface area contributed by atoms with Crippen molar-refractivity contribution < 1.29 is 14.8 Å². The number of nitro groups is 1. The molecule has 21 heavy (non-hydrogen) atoms. The van der Waals surface area contributed by atoms with Crippen molar-refractivity contribution in [3.05, 3.63) is 32.3 Å². The zero-order valence-corrected chi connectivity index (χ0v) is 12.3. The second-order valence-corrected chi connectivity index (χ2v) is 5.40. The van der Waals surface area contributed by atoms with Crippen LogP contribution in [-0.4, -0.2) is 36.2 Å². The summed E-state index contributed by atoms with van der Waals surface area (Å²) in [6.07, 6.45) is 0. The van der Waals surface area contributed by atoms with E-state index in [-0.39, 0.29) is 20.9 Å². The molecule has 0 aliphatic rings. The molecule has 0 radical (unpaired) electrons. The Morgan fingerprint density at radius 1 is 1.43 bits per heavy atom. The van der Waals surface area contributed by atoms with Crippen LogP contribution in [0.2, 0.25) is 10.0 Å². The van der Waals surface area contributed by atoms with Crippen molar-refractivity contribution in [1.29, 1.82) is 0 Å². The Labute approximate surface area is 131 Å². The number of halogens is 2. The van der Waals surface area contributed by atoms with Crippen molar-refractivity contribution in [2.45, 2.75) is 16.6 Å². The van der Waals surface area contributed by atoms with Crippen LogP contribution < -0.4 is 0 Å². The number of nitrogens with zero attached hydrogens (tertiary/aromatic N) is 5. The molecule has 0 saturated carbocycles. The summed E-state index contributed by atoms with van der Waals surface area (Å²) < 4.78 is 1.04. The van der Waals surface area contributed by atoms with Gasteiger partial charge in [-0.15, -0.1) is 5.10 Å². The number of non-ortho nitro benzene ring substituents is 1. The van der Waals surface area contributed by atoms with E-state index < -0.39 is 17.4 Å². The maximum absolute atomic E-state index is 10.7. The van der Waals surface area contributed by atoms with E-state index in [1.54, 1.807) is 0 Å². The lowest BCUT2D eigenvalue weighted by molar-refractivity contribution is -0.384. The monoisotopic (exact) mass is 349 g/mol. The van der Waals surface area contributed by atoms with Gasteiger partial charge in [-0.2, -0.15) is 0 Å². The summed E-state index contributed by atoms with van der Waals surface area (Å²) in [5.41, 5.74) is -0.250. The lowest BCUT2D eigenvalue weighted by Crippen LogP contribution is -2.11. The van der Waals surface area contributed by atoms with Gasteiger partial charge in [-0.25, -0.2) is 4.68 Å². The van der Waals surface area contributed by atoms with Crippen LogP contribution in [0.5, 0.6) is 0 Å². The Morgan fingerprint density at radius 3 is 2.57 bits per heavy atom. The highest BCUT2D eigenvalue weighted by Crippen LogP contribution is 2.40. The third-order valence-electron chi connectivity index (χ3n) is 2.17. The van der Waals surface area contributed by atoms with Gasteiger partial charge in [0.2, 0.25) is 5.16 Å². The Balaban J connectivity index is 2.34. The summed E-state index contributed by atoms with van der Waals surface area (Å²) in [6, 6.07) is 2.28. The zero-order chi connectivity index (χ0) is 15.6. The average Bonchev–Trinajstić information content (AvgIpc) is 2.79. The number of hydrogen-bond acceptors (Lipinski definition) is 7. The average molecular weight is 350 g/mol. The van der Waals surface area contributed by atoms with Gasteiger partial charge >= 0.3 is 5.97 Å². The molecule has 2 rings (SSSR count). The first-order chi connectivity index (χ1) is 9.88. The molecule has 1 aromatic heterocycles. The van der Waals surface area contributed by atoms with E-state index in [9.17, 15) is 14.9 Å². The lowest BCUT2D eigenvalue weighted by atomic mass is 10.3. The predicted molar refractivity (Wildman–Crippen MR) is 72.7 cm³/mol. The molecule has 0 atom stereocenters. The minimum Gasteiger partial charge on any atom is -0.480 e. The van der Waals surface area contributed by atoms with Gasteiger partial charge < -0.3 is 5.11 Å². The number of aromatic nitrogens is 4. The van der Waals surface area contributed by atoms with E-state index in [2.05, 4.69) is 15.5 Å². The molecular weight excluding hydrogens is 345 g/mol. The molecule has 1 aromatic carbocycles. The van der Waals surface area contributed by atoms with Crippen molar-refractivity contribution in [3.63, 3.8) is 0 Å². The standard InChI is InChI=1S/C9H5Cl2N5O4S/c10-5-1-4(16(19)20)2-6(11)8(5)21-9-12-13-14-15(9)3-7(17)18/h1-2H,3H2,(H,17,18). The molecule has 0 fully saturated rings. The number of carbonyl (C=O) groups is 1. The van der Waals surface area contributed by atoms with Crippen molar-refractivity contribution in [3.8, 4) is 0 Å². The van der Waals surface area contributed by atoms with Gasteiger partial charge in [-0.3, -0.25) is 14.9 Å².